The molecule has 162 valence electrons. The number of likely N-dealkylation sites (tertiary alicyclic amines) is 1. The lowest BCUT2D eigenvalue weighted by atomic mass is 9.90. The minimum atomic E-state index is 0.00566. The Bertz CT molecular complexity index is 925. The summed E-state index contributed by atoms with van der Waals surface area (Å²) in [6.45, 7) is 5.53. The van der Waals surface area contributed by atoms with E-state index in [1.807, 2.05) is 48.2 Å². The maximum Gasteiger partial charge on any atom is 0.272 e. The van der Waals surface area contributed by atoms with Gasteiger partial charge in [0.2, 0.25) is 0 Å². The lowest BCUT2D eigenvalue weighted by Gasteiger charge is -2.40. The lowest BCUT2D eigenvalue weighted by Crippen LogP contribution is -2.51. The van der Waals surface area contributed by atoms with Crippen molar-refractivity contribution < 1.29 is 4.79 Å². The summed E-state index contributed by atoms with van der Waals surface area (Å²) in [5.41, 5.74) is 1.37. The van der Waals surface area contributed by atoms with E-state index in [1.165, 1.54) is 0 Å². The fraction of sp³-hybridized carbons (Fsp3) is 0.333. The summed E-state index contributed by atoms with van der Waals surface area (Å²) in [6, 6.07) is 15.1. The van der Waals surface area contributed by atoms with Gasteiger partial charge in [0.15, 0.2) is 0 Å². The second kappa shape index (κ2) is 11.4. The van der Waals surface area contributed by atoms with E-state index in [2.05, 4.69) is 27.2 Å². The molecule has 0 bridgehead atoms. The van der Waals surface area contributed by atoms with Crippen molar-refractivity contribution in [3.8, 4) is 0 Å². The SMILES string of the molecule is Cc1cccc(C(=O)N2CCC[C@@H](C)[C@H]2CNc2ccc(Cl)cn2)n1.c1ccncc1. The molecular formula is C24H28ClN5O. The minimum Gasteiger partial charge on any atom is -0.368 e. The molecule has 0 saturated carbocycles. The van der Waals surface area contributed by atoms with Crippen LogP contribution in [0, 0.1) is 12.8 Å². The number of carbonyl (C=O) groups is 1. The molecule has 2 atom stereocenters. The van der Waals surface area contributed by atoms with E-state index in [-0.39, 0.29) is 11.9 Å². The van der Waals surface area contributed by atoms with Crippen LogP contribution in [-0.2, 0) is 0 Å². The van der Waals surface area contributed by atoms with Gasteiger partial charge < -0.3 is 10.2 Å². The van der Waals surface area contributed by atoms with Crippen molar-refractivity contribution in [1.29, 1.82) is 0 Å². The Kier molecular flexibility index (Phi) is 8.35. The first kappa shape index (κ1) is 22.7. The topological polar surface area (TPSA) is 71.0 Å². The molecule has 1 aliphatic rings. The summed E-state index contributed by atoms with van der Waals surface area (Å²) in [4.78, 5) is 27.4. The monoisotopic (exact) mass is 437 g/mol. The third-order valence-electron chi connectivity index (χ3n) is 5.27. The van der Waals surface area contributed by atoms with Crippen LogP contribution < -0.4 is 5.32 Å². The maximum atomic E-state index is 13.0. The van der Waals surface area contributed by atoms with Crippen LogP contribution in [0.25, 0.3) is 0 Å². The van der Waals surface area contributed by atoms with Crippen molar-refractivity contribution in [2.24, 2.45) is 5.92 Å². The van der Waals surface area contributed by atoms with Crippen molar-refractivity contribution in [1.82, 2.24) is 19.9 Å². The number of hydrogen-bond donors (Lipinski definition) is 1. The number of nitrogens with one attached hydrogen (secondary N) is 1. The smallest absolute Gasteiger partial charge is 0.272 e. The summed E-state index contributed by atoms with van der Waals surface area (Å²) in [7, 11) is 0. The van der Waals surface area contributed by atoms with E-state index in [9.17, 15) is 4.79 Å². The molecular weight excluding hydrogens is 410 g/mol. The van der Waals surface area contributed by atoms with Gasteiger partial charge in [0.05, 0.1) is 11.1 Å². The Hall–Kier alpha value is -2.99. The first-order valence-corrected chi connectivity index (χ1v) is 10.9. The molecule has 0 aromatic carbocycles. The second-order valence-electron chi connectivity index (χ2n) is 7.62. The highest BCUT2D eigenvalue weighted by atomic mass is 35.5. The summed E-state index contributed by atoms with van der Waals surface area (Å²) >= 11 is 5.88. The largest absolute Gasteiger partial charge is 0.368 e. The van der Waals surface area contributed by atoms with Crippen LogP contribution in [0.3, 0.4) is 0 Å². The van der Waals surface area contributed by atoms with Gasteiger partial charge in [-0.05, 0) is 62.1 Å². The lowest BCUT2D eigenvalue weighted by molar-refractivity contribution is 0.0534. The molecule has 7 heteroatoms. The average Bonchev–Trinajstić information content (AvgIpc) is 2.80. The highest BCUT2D eigenvalue weighted by Crippen LogP contribution is 2.25. The van der Waals surface area contributed by atoms with Gasteiger partial charge in [-0.25, -0.2) is 9.97 Å². The van der Waals surface area contributed by atoms with E-state index in [1.54, 1.807) is 30.7 Å². The van der Waals surface area contributed by atoms with E-state index >= 15 is 0 Å². The highest BCUT2D eigenvalue weighted by molar-refractivity contribution is 6.30. The van der Waals surface area contributed by atoms with Gasteiger partial charge in [-0.15, -0.1) is 0 Å². The fourth-order valence-corrected chi connectivity index (χ4v) is 3.74. The van der Waals surface area contributed by atoms with E-state index in [0.717, 1.165) is 30.9 Å². The number of carbonyl (C=O) groups excluding carboxylic acids is 1. The number of anilines is 1. The van der Waals surface area contributed by atoms with E-state index in [0.29, 0.717) is 23.2 Å². The number of halogens is 1. The van der Waals surface area contributed by atoms with Crippen molar-refractivity contribution in [3.63, 3.8) is 0 Å². The molecule has 31 heavy (non-hydrogen) atoms. The van der Waals surface area contributed by atoms with Crippen molar-refractivity contribution >= 4 is 23.3 Å². The van der Waals surface area contributed by atoms with Gasteiger partial charge in [0.25, 0.3) is 5.91 Å². The summed E-state index contributed by atoms with van der Waals surface area (Å²) in [5, 5.41) is 3.95. The first-order chi connectivity index (χ1) is 15.0. The van der Waals surface area contributed by atoms with Gasteiger partial charge in [-0.2, -0.15) is 0 Å². The molecule has 0 spiro atoms. The molecule has 4 rings (SSSR count). The zero-order chi connectivity index (χ0) is 22.1. The number of hydrogen-bond acceptors (Lipinski definition) is 5. The predicted octanol–water partition coefficient (Wildman–Crippen LogP) is 4.87. The zero-order valence-electron chi connectivity index (χ0n) is 17.9. The molecule has 1 fully saturated rings. The Labute approximate surface area is 188 Å². The predicted molar refractivity (Wildman–Crippen MR) is 124 cm³/mol. The molecule has 1 saturated heterocycles. The summed E-state index contributed by atoms with van der Waals surface area (Å²) < 4.78 is 0. The standard InChI is InChI=1S/C19H23ClN4O.C5H5N/c1-13-5-4-10-24(19(25)16-7-3-6-14(2)23-16)17(13)12-22-18-9-8-15(20)11-21-18;1-2-4-6-5-3-1/h3,6-9,11,13,17H,4-5,10,12H2,1-2H3,(H,21,22);1-5H/t13-,17-;/m1./s1. The highest BCUT2D eigenvalue weighted by Gasteiger charge is 2.32. The number of aromatic nitrogens is 3. The van der Waals surface area contributed by atoms with Crippen LogP contribution in [0.2, 0.25) is 5.02 Å². The number of pyridine rings is 3. The minimum absolute atomic E-state index is 0.00566. The van der Waals surface area contributed by atoms with Crippen molar-refractivity contribution in [3.05, 3.63) is 83.5 Å². The van der Waals surface area contributed by atoms with E-state index in [4.69, 9.17) is 11.6 Å². The Morgan fingerprint density at radius 2 is 1.97 bits per heavy atom. The van der Waals surface area contributed by atoms with Crippen molar-refractivity contribution in [2.75, 3.05) is 18.4 Å². The van der Waals surface area contributed by atoms with Gasteiger partial charge >= 0.3 is 0 Å². The Morgan fingerprint density at radius 1 is 1.16 bits per heavy atom. The molecule has 1 N–H and O–H groups in total. The summed E-state index contributed by atoms with van der Waals surface area (Å²) in [6.07, 6.45) is 7.26. The number of amides is 1. The third kappa shape index (κ3) is 6.76. The Balaban J connectivity index is 0.000000391. The van der Waals surface area contributed by atoms with Gasteiger partial charge in [0.1, 0.15) is 11.5 Å². The fourth-order valence-electron chi connectivity index (χ4n) is 3.62. The number of aryl methyl sites for hydroxylation is 1. The zero-order valence-corrected chi connectivity index (χ0v) is 18.7. The van der Waals surface area contributed by atoms with E-state index < -0.39 is 0 Å². The normalized spacial score (nSPS) is 18.0. The molecule has 3 aromatic heterocycles. The van der Waals surface area contributed by atoms with Gasteiger partial charge in [0, 0.05) is 37.4 Å². The molecule has 0 unspecified atom stereocenters. The first-order valence-electron chi connectivity index (χ1n) is 10.5. The van der Waals surface area contributed by atoms with Crippen LogP contribution in [0.15, 0.2) is 67.1 Å². The van der Waals surface area contributed by atoms with Crippen LogP contribution in [0.4, 0.5) is 5.82 Å². The molecule has 4 heterocycles. The van der Waals surface area contributed by atoms with Crippen molar-refractivity contribution in [2.45, 2.75) is 32.7 Å². The number of nitrogens with zero attached hydrogens (tertiary/aromatic N) is 4. The summed E-state index contributed by atoms with van der Waals surface area (Å²) in [5.74, 6) is 1.19. The van der Waals surface area contributed by atoms with Gasteiger partial charge in [-0.3, -0.25) is 9.78 Å². The number of piperidine rings is 1. The molecule has 1 aliphatic heterocycles. The molecule has 0 radical (unpaired) electrons. The maximum absolute atomic E-state index is 13.0. The quantitative estimate of drug-likeness (QED) is 0.630. The van der Waals surface area contributed by atoms with Crippen LogP contribution in [-0.4, -0.2) is 44.9 Å². The second-order valence-corrected chi connectivity index (χ2v) is 8.05. The third-order valence-corrected chi connectivity index (χ3v) is 5.49. The van der Waals surface area contributed by atoms with Gasteiger partial charge in [-0.1, -0.05) is 30.7 Å². The molecule has 0 aliphatic carbocycles. The van der Waals surface area contributed by atoms with Crippen LogP contribution >= 0.6 is 11.6 Å². The molecule has 6 nitrogen and oxygen atoms in total. The Morgan fingerprint density at radius 3 is 2.58 bits per heavy atom. The number of rotatable bonds is 4. The van der Waals surface area contributed by atoms with Crippen LogP contribution in [0.5, 0.6) is 0 Å². The molecule has 3 aromatic rings. The average molecular weight is 438 g/mol. The van der Waals surface area contributed by atoms with Crippen LogP contribution in [0.1, 0.15) is 35.9 Å². The molecule has 1 amide bonds.